The van der Waals surface area contributed by atoms with Gasteiger partial charge in [-0.25, -0.2) is 0 Å². The SMILES string of the molecule is CNC(=O)CCNCc1ccc2cc[nH]c2c1. The topological polar surface area (TPSA) is 56.9 Å². The first-order valence-electron chi connectivity index (χ1n) is 5.77. The van der Waals surface area contributed by atoms with Gasteiger partial charge in [-0.2, -0.15) is 0 Å². The van der Waals surface area contributed by atoms with E-state index in [4.69, 9.17) is 0 Å². The zero-order valence-corrected chi connectivity index (χ0v) is 9.92. The minimum atomic E-state index is 0.0670. The molecule has 0 saturated heterocycles. The summed E-state index contributed by atoms with van der Waals surface area (Å²) in [5, 5.41) is 7.07. The van der Waals surface area contributed by atoms with Crippen LogP contribution in [-0.2, 0) is 11.3 Å². The number of amides is 1. The Labute approximate surface area is 100 Å². The first-order valence-corrected chi connectivity index (χ1v) is 5.77. The van der Waals surface area contributed by atoms with Gasteiger partial charge in [0, 0.05) is 38.3 Å². The molecule has 0 spiro atoms. The molecular weight excluding hydrogens is 214 g/mol. The number of carbonyl (C=O) groups excluding carboxylic acids is 1. The summed E-state index contributed by atoms with van der Waals surface area (Å²) in [5.74, 6) is 0.0670. The number of carbonyl (C=O) groups is 1. The van der Waals surface area contributed by atoms with Crippen molar-refractivity contribution < 1.29 is 4.79 Å². The molecule has 4 heteroatoms. The first kappa shape index (κ1) is 11.7. The van der Waals surface area contributed by atoms with Crippen molar-refractivity contribution in [1.82, 2.24) is 15.6 Å². The van der Waals surface area contributed by atoms with E-state index in [9.17, 15) is 4.79 Å². The Morgan fingerprint density at radius 2 is 2.24 bits per heavy atom. The Bertz CT molecular complexity index is 504. The van der Waals surface area contributed by atoms with Gasteiger partial charge in [0.25, 0.3) is 0 Å². The smallest absolute Gasteiger partial charge is 0.221 e. The highest BCUT2D eigenvalue weighted by Gasteiger charge is 1.99. The molecule has 90 valence electrons. The molecule has 2 rings (SSSR count). The summed E-state index contributed by atoms with van der Waals surface area (Å²) in [6.07, 6.45) is 2.45. The zero-order chi connectivity index (χ0) is 12.1. The minimum absolute atomic E-state index is 0.0670. The van der Waals surface area contributed by atoms with Crippen LogP contribution in [0, 0.1) is 0 Å². The van der Waals surface area contributed by atoms with Crippen molar-refractivity contribution in [1.29, 1.82) is 0 Å². The van der Waals surface area contributed by atoms with Crippen LogP contribution in [0.2, 0.25) is 0 Å². The molecule has 17 heavy (non-hydrogen) atoms. The second-order valence-electron chi connectivity index (χ2n) is 4.00. The minimum Gasteiger partial charge on any atom is -0.361 e. The third-order valence-corrected chi connectivity index (χ3v) is 2.76. The monoisotopic (exact) mass is 231 g/mol. The number of rotatable bonds is 5. The third-order valence-electron chi connectivity index (χ3n) is 2.76. The van der Waals surface area contributed by atoms with Gasteiger partial charge in [0.2, 0.25) is 5.91 Å². The molecule has 0 aliphatic heterocycles. The van der Waals surface area contributed by atoms with E-state index < -0.39 is 0 Å². The van der Waals surface area contributed by atoms with Crippen LogP contribution < -0.4 is 10.6 Å². The highest BCUT2D eigenvalue weighted by molar-refractivity contribution is 5.79. The number of nitrogens with one attached hydrogen (secondary N) is 3. The van der Waals surface area contributed by atoms with Crippen molar-refractivity contribution in [3.8, 4) is 0 Å². The maximum absolute atomic E-state index is 11.0. The maximum Gasteiger partial charge on any atom is 0.221 e. The van der Waals surface area contributed by atoms with Gasteiger partial charge in [-0.05, 0) is 23.1 Å². The standard InChI is InChI=1S/C13H17N3O/c1-14-13(17)5-6-15-9-10-2-3-11-4-7-16-12(11)8-10/h2-4,7-8,15-16H,5-6,9H2,1H3,(H,14,17). The van der Waals surface area contributed by atoms with Crippen molar-refractivity contribution >= 4 is 16.8 Å². The van der Waals surface area contributed by atoms with E-state index in [1.807, 2.05) is 6.20 Å². The van der Waals surface area contributed by atoms with Gasteiger partial charge in [-0.1, -0.05) is 12.1 Å². The lowest BCUT2D eigenvalue weighted by Crippen LogP contribution is -2.24. The molecule has 2 aromatic rings. The average molecular weight is 231 g/mol. The van der Waals surface area contributed by atoms with E-state index in [0.717, 1.165) is 12.1 Å². The van der Waals surface area contributed by atoms with E-state index in [1.54, 1.807) is 7.05 Å². The highest BCUT2D eigenvalue weighted by atomic mass is 16.1. The molecule has 3 N–H and O–H groups in total. The summed E-state index contributed by atoms with van der Waals surface area (Å²) in [5.41, 5.74) is 2.37. The van der Waals surface area contributed by atoms with Crippen molar-refractivity contribution in [2.24, 2.45) is 0 Å². The molecule has 1 aromatic heterocycles. The van der Waals surface area contributed by atoms with Gasteiger partial charge in [0.15, 0.2) is 0 Å². The molecule has 1 amide bonds. The Hall–Kier alpha value is -1.81. The number of fused-ring (bicyclic) bond motifs is 1. The molecule has 4 nitrogen and oxygen atoms in total. The molecule has 0 fully saturated rings. The molecule has 1 heterocycles. The van der Waals surface area contributed by atoms with Gasteiger partial charge in [0.1, 0.15) is 0 Å². The normalized spacial score (nSPS) is 10.6. The fourth-order valence-electron chi connectivity index (χ4n) is 1.76. The summed E-state index contributed by atoms with van der Waals surface area (Å²) >= 11 is 0. The lowest BCUT2D eigenvalue weighted by Gasteiger charge is -2.04. The largest absolute Gasteiger partial charge is 0.361 e. The van der Waals surface area contributed by atoms with Gasteiger partial charge >= 0.3 is 0 Å². The summed E-state index contributed by atoms with van der Waals surface area (Å²) < 4.78 is 0. The van der Waals surface area contributed by atoms with Crippen molar-refractivity contribution in [2.45, 2.75) is 13.0 Å². The van der Waals surface area contributed by atoms with Crippen LogP contribution in [0.25, 0.3) is 10.9 Å². The van der Waals surface area contributed by atoms with E-state index >= 15 is 0 Å². The maximum atomic E-state index is 11.0. The van der Waals surface area contributed by atoms with Crippen LogP contribution in [0.5, 0.6) is 0 Å². The predicted octanol–water partition coefficient (Wildman–Crippen LogP) is 1.39. The molecule has 0 radical (unpaired) electrons. The van der Waals surface area contributed by atoms with Gasteiger partial charge in [-0.15, -0.1) is 0 Å². The van der Waals surface area contributed by atoms with Crippen molar-refractivity contribution in [2.75, 3.05) is 13.6 Å². The summed E-state index contributed by atoms with van der Waals surface area (Å²) in [6, 6.07) is 8.38. The van der Waals surface area contributed by atoms with Crippen LogP contribution in [0.15, 0.2) is 30.5 Å². The molecule has 0 atom stereocenters. The van der Waals surface area contributed by atoms with E-state index in [0.29, 0.717) is 13.0 Å². The predicted molar refractivity (Wildman–Crippen MR) is 68.7 cm³/mol. The highest BCUT2D eigenvalue weighted by Crippen LogP contribution is 2.13. The number of hydrogen-bond acceptors (Lipinski definition) is 2. The van der Waals surface area contributed by atoms with Gasteiger partial charge in [-0.3, -0.25) is 4.79 Å². The van der Waals surface area contributed by atoms with Crippen LogP contribution in [0.4, 0.5) is 0 Å². The molecule has 0 saturated carbocycles. The van der Waals surface area contributed by atoms with E-state index in [2.05, 4.69) is 39.9 Å². The van der Waals surface area contributed by atoms with Gasteiger partial charge in [0.05, 0.1) is 0 Å². The number of H-pyrrole nitrogens is 1. The Morgan fingerprint density at radius 1 is 1.35 bits per heavy atom. The summed E-state index contributed by atoms with van der Waals surface area (Å²) in [6.45, 7) is 1.48. The van der Waals surface area contributed by atoms with Crippen LogP contribution in [0.1, 0.15) is 12.0 Å². The molecule has 0 aliphatic carbocycles. The third kappa shape index (κ3) is 3.07. The average Bonchev–Trinajstić information content (AvgIpc) is 2.81. The summed E-state index contributed by atoms with van der Waals surface area (Å²) in [4.78, 5) is 14.2. The Morgan fingerprint density at radius 3 is 3.06 bits per heavy atom. The van der Waals surface area contributed by atoms with E-state index in [1.165, 1.54) is 10.9 Å². The molecule has 0 bridgehead atoms. The van der Waals surface area contributed by atoms with E-state index in [-0.39, 0.29) is 5.91 Å². The molecule has 1 aromatic carbocycles. The van der Waals surface area contributed by atoms with Crippen molar-refractivity contribution in [3.63, 3.8) is 0 Å². The number of benzene rings is 1. The lowest BCUT2D eigenvalue weighted by molar-refractivity contribution is -0.120. The quantitative estimate of drug-likeness (QED) is 0.681. The van der Waals surface area contributed by atoms with Crippen LogP contribution >= 0.6 is 0 Å². The number of aromatic nitrogens is 1. The van der Waals surface area contributed by atoms with Gasteiger partial charge < -0.3 is 15.6 Å². The fourth-order valence-corrected chi connectivity index (χ4v) is 1.76. The molecule has 0 unspecified atom stereocenters. The molecule has 0 aliphatic rings. The first-order chi connectivity index (χ1) is 8.29. The van der Waals surface area contributed by atoms with Crippen molar-refractivity contribution in [3.05, 3.63) is 36.0 Å². The summed E-state index contributed by atoms with van der Waals surface area (Å²) in [7, 11) is 1.65. The second kappa shape index (κ2) is 5.50. The second-order valence-corrected chi connectivity index (χ2v) is 4.00. The van der Waals surface area contributed by atoms with Crippen LogP contribution in [0.3, 0.4) is 0 Å². The zero-order valence-electron chi connectivity index (χ0n) is 9.92. The van der Waals surface area contributed by atoms with Crippen LogP contribution in [-0.4, -0.2) is 24.5 Å². The molecular formula is C13H17N3O. The Balaban J connectivity index is 1.84. The number of hydrogen-bond donors (Lipinski definition) is 3. The lowest BCUT2D eigenvalue weighted by atomic mass is 10.1. The number of aromatic amines is 1. The Kier molecular flexibility index (Phi) is 3.77. The fraction of sp³-hybridized carbons (Fsp3) is 0.308.